The Morgan fingerprint density at radius 3 is 2.93 bits per heavy atom. The first-order valence-electron chi connectivity index (χ1n) is 5.85. The van der Waals surface area contributed by atoms with Crippen molar-refractivity contribution < 1.29 is 4.74 Å². The molecule has 2 aliphatic rings. The Labute approximate surface area is 91.2 Å². The highest BCUT2D eigenvalue weighted by atomic mass is 32.2. The molecule has 1 spiro atoms. The normalized spacial score (nSPS) is 31.9. The molecule has 0 bridgehead atoms. The van der Waals surface area contributed by atoms with Crippen molar-refractivity contribution in [2.75, 3.05) is 18.1 Å². The van der Waals surface area contributed by atoms with Gasteiger partial charge in [0, 0.05) is 6.54 Å². The van der Waals surface area contributed by atoms with E-state index >= 15 is 0 Å². The molecular weight excluding hydrogens is 194 g/mol. The van der Waals surface area contributed by atoms with Crippen LogP contribution in [0.4, 0.5) is 0 Å². The van der Waals surface area contributed by atoms with E-state index in [4.69, 9.17) is 4.74 Å². The highest BCUT2D eigenvalue weighted by molar-refractivity contribution is 7.99. The maximum absolute atomic E-state index is 6.23. The molecule has 14 heavy (non-hydrogen) atoms. The number of nitrogens with one attached hydrogen (secondary N) is 1. The van der Waals surface area contributed by atoms with Gasteiger partial charge in [-0.05, 0) is 37.2 Å². The van der Waals surface area contributed by atoms with Gasteiger partial charge in [-0.1, -0.05) is 13.3 Å². The number of hydrogen-bond donors (Lipinski definition) is 1. The van der Waals surface area contributed by atoms with Crippen LogP contribution in [-0.2, 0) is 4.74 Å². The van der Waals surface area contributed by atoms with Crippen LogP contribution in [0.25, 0.3) is 0 Å². The lowest BCUT2D eigenvalue weighted by molar-refractivity contribution is -0.148. The molecule has 1 unspecified atom stereocenters. The minimum atomic E-state index is 0.0589. The van der Waals surface area contributed by atoms with Crippen molar-refractivity contribution in [2.45, 2.75) is 50.9 Å². The predicted octanol–water partition coefficient (Wildman–Crippen LogP) is 2.39. The number of thioether (sulfide) groups is 1. The maximum Gasteiger partial charge on any atom is 0.121 e. The van der Waals surface area contributed by atoms with Crippen molar-refractivity contribution in [2.24, 2.45) is 0 Å². The van der Waals surface area contributed by atoms with Crippen LogP contribution in [0.1, 0.15) is 39.0 Å². The Kier molecular flexibility index (Phi) is 3.74. The van der Waals surface area contributed by atoms with E-state index in [9.17, 15) is 0 Å². The summed E-state index contributed by atoms with van der Waals surface area (Å²) in [4.78, 5) is 0. The molecule has 2 rings (SSSR count). The highest BCUT2D eigenvalue weighted by Crippen LogP contribution is 2.32. The average Bonchev–Trinajstić information content (AvgIpc) is 2.19. The Hall–Kier alpha value is 0.270. The fraction of sp³-hybridized carbons (Fsp3) is 1.00. The van der Waals surface area contributed by atoms with E-state index < -0.39 is 0 Å². The molecule has 2 saturated heterocycles. The van der Waals surface area contributed by atoms with Gasteiger partial charge < -0.3 is 4.74 Å². The zero-order valence-corrected chi connectivity index (χ0v) is 9.87. The van der Waals surface area contributed by atoms with Crippen molar-refractivity contribution in [1.82, 2.24) is 5.32 Å². The first-order valence-corrected chi connectivity index (χ1v) is 7.01. The van der Waals surface area contributed by atoms with E-state index in [1.54, 1.807) is 0 Å². The first kappa shape index (κ1) is 10.8. The van der Waals surface area contributed by atoms with Gasteiger partial charge in [0.1, 0.15) is 5.72 Å². The predicted molar refractivity (Wildman–Crippen MR) is 61.7 cm³/mol. The van der Waals surface area contributed by atoms with Crippen LogP contribution in [0.2, 0.25) is 0 Å². The largest absolute Gasteiger partial charge is 0.357 e. The quantitative estimate of drug-likeness (QED) is 0.764. The van der Waals surface area contributed by atoms with Crippen LogP contribution in [0, 0.1) is 0 Å². The van der Waals surface area contributed by atoms with Gasteiger partial charge in [0.15, 0.2) is 0 Å². The van der Waals surface area contributed by atoms with Gasteiger partial charge in [0.05, 0.1) is 6.10 Å². The van der Waals surface area contributed by atoms with Crippen LogP contribution in [0.5, 0.6) is 0 Å². The standard InChI is InChI=1S/C11H21NOS/c1-2-3-10-4-7-12-11(13-10)5-8-14-9-6-11/h10,12H,2-9H2,1H3. The molecule has 0 radical (unpaired) electrons. The molecular formula is C11H21NOS. The monoisotopic (exact) mass is 215 g/mol. The van der Waals surface area contributed by atoms with Crippen molar-refractivity contribution >= 4 is 11.8 Å². The zero-order valence-electron chi connectivity index (χ0n) is 9.05. The average molecular weight is 215 g/mol. The molecule has 0 aromatic rings. The molecule has 1 atom stereocenters. The summed E-state index contributed by atoms with van der Waals surface area (Å²) >= 11 is 2.06. The maximum atomic E-state index is 6.23. The van der Waals surface area contributed by atoms with E-state index in [-0.39, 0.29) is 5.72 Å². The van der Waals surface area contributed by atoms with E-state index in [2.05, 4.69) is 24.0 Å². The molecule has 0 saturated carbocycles. The second-order valence-corrected chi connectivity index (χ2v) is 5.58. The van der Waals surface area contributed by atoms with Crippen molar-refractivity contribution in [3.8, 4) is 0 Å². The molecule has 82 valence electrons. The molecule has 3 heteroatoms. The van der Waals surface area contributed by atoms with E-state index in [0.717, 1.165) is 6.54 Å². The van der Waals surface area contributed by atoms with E-state index in [1.807, 2.05) is 0 Å². The van der Waals surface area contributed by atoms with Crippen LogP contribution >= 0.6 is 11.8 Å². The second kappa shape index (κ2) is 4.86. The topological polar surface area (TPSA) is 21.3 Å². The minimum Gasteiger partial charge on any atom is -0.357 e. The van der Waals surface area contributed by atoms with Gasteiger partial charge in [-0.2, -0.15) is 11.8 Å². The van der Waals surface area contributed by atoms with Gasteiger partial charge in [-0.3, -0.25) is 5.32 Å². The third-order valence-electron chi connectivity index (χ3n) is 3.22. The number of rotatable bonds is 2. The molecule has 0 aliphatic carbocycles. The summed E-state index contributed by atoms with van der Waals surface area (Å²) in [6, 6.07) is 0. The SMILES string of the molecule is CCCC1CCNC2(CCSCC2)O1. The Bertz CT molecular complexity index is 173. The summed E-state index contributed by atoms with van der Waals surface area (Å²) in [6.07, 6.45) is 6.58. The lowest BCUT2D eigenvalue weighted by atomic mass is 10.0. The lowest BCUT2D eigenvalue weighted by Gasteiger charge is -2.44. The number of hydrogen-bond acceptors (Lipinski definition) is 3. The van der Waals surface area contributed by atoms with Gasteiger partial charge in [0.25, 0.3) is 0 Å². The molecule has 2 nitrogen and oxygen atoms in total. The van der Waals surface area contributed by atoms with Crippen LogP contribution < -0.4 is 5.32 Å². The third-order valence-corrected chi connectivity index (χ3v) is 4.20. The highest BCUT2D eigenvalue weighted by Gasteiger charge is 2.37. The minimum absolute atomic E-state index is 0.0589. The van der Waals surface area contributed by atoms with Crippen LogP contribution in [0.3, 0.4) is 0 Å². The van der Waals surface area contributed by atoms with Crippen LogP contribution in [-0.4, -0.2) is 29.9 Å². The molecule has 0 amide bonds. The van der Waals surface area contributed by atoms with Gasteiger partial charge in [-0.15, -0.1) is 0 Å². The molecule has 1 N–H and O–H groups in total. The van der Waals surface area contributed by atoms with Gasteiger partial charge in [-0.25, -0.2) is 0 Å². The van der Waals surface area contributed by atoms with Gasteiger partial charge in [0.2, 0.25) is 0 Å². The Balaban J connectivity index is 1.91. The van der Waals surface area contributed by atoms with E-state index in [0.29, 0.717) is 6.10 Å². The summed E-state index contributed by atoms with van der Waals surface area (Å²) in [7, 11) is 0. The second-order valence-electron chi connectivity index (χ2n) is 4.35. The fourth-order valence-electron chi connectivity index (χ4n) is 2.40. The summed E-state index contributed by atoms with van der Waals surface area (Å²) < 4.78 is 6.23. The van der Waals surface area contributed by atoms with E-state index in [1.165, 1.54) is 43.6 Å². The lowest BCUT2D eigenvalue weighted by Crippen LogP contribution is -2.56. The molecule has 0 aromatic heterocycles. The van der Waals surface area contributed by atoms with Gasteiger partial charge >= 0.3 is 0 Å². The zero-order chi connectivity index (χ0) is 9.86. The number of ether oxygens (including phenoxy) is 1. The van der Waals surface area contributed by atoms with Crippen LogP contribution in [0.15, 0.2) is 0 Å². The van der Waals surface area contributed by atoms with Crippen molar-refractivity contribution in [3.63, 3.8) is 0 Å². The molecule has 2 heterocycles. The molecule has 0 aromatic carbocycles. The summed E-state index contributed by atoms with van der Waals surface area (Å²) in [5, 5.41) is 3.59. The summed E-state index contributed by atoms with van der Waals surface area (Å²) in [6.45, 7) is 3.39. The third kappa shape index (κ3) is 2.44. The Morgan fingerprint density at radius 1 is 1.43 bits per heavy atom. The van der Waals surface area contributed by atoms with Crippen molar-refractivity contribution in [3.05, 3.63) is 0 Å². The fourth-order valence-corrected chi connectivity index (χ4v) is 3.55. The molecule has 2 fully saturated rings. The summed E-state index contributed by atoms with van der Waals surface area (Å²) in [5.74, 6) is 2.51. The van der Waals surface area contributed by atoms with Crippen molar-refractivity contribution in [1.29, 1.82) is 0 Å². The summed E-state index contributed by atoms with van der Waals surface area (Å²) in [5.41, 5.74) is 0.0589. The Morgan fingerprint density at radius 2 is 2.21 bits per heavy atom. The smallest absolute Gasteiger partial charge is 0.121 e. The molecule has 2 aliphatic heterocycles. The first-order chi connectivity index (χ1) is 6.85.